The molecule has 2 N–H and O–H groups in total. The molecular weight excluding hydrogens is 516 g/mol. The maximum Gasteiger partial charge on any atom is 0.413 e. The van der Waals surface area contributed by atoms with Gasteiger partial charge in [-0.25, -0.2) is 27.1 Å². The van der Waals surface area contributed by atoms with Crippen LogP contribution in [-0.4, -0.2) is 49.2 Å². The molecule has 0 spiro atoms. The number of carbonyl (C=O) groups excluding carboxylic acids is 2. The van der Waals surface area contributed by atoms with Crippen molar-refractivity contribution in [2.24, 2.45) is 9.36 Å². The fraction of sp³-hybridized carbons (Fsp3) is 0.462. The second-order valence-electron chi connectivity index (χ2n) is 11.0. The van der Waals surface area contributed by atoms with Crippen LogP contribution in [0.1, 0.15) is 64.0 Å². The molecule has 2 aliphatic rings. The normalized spacial score (nSPS) is 26.0. The Morgan fingerprint density at radius 2 is 1.82 bits per heavy atom. The number of amides is 2. The van der Waals surface area contributed by atoms with Gasteiger partial charge in [-0.1, -0.05) is 0 Å². The van der Waals surface area contributed by atoms with Gasteiger partial charge in [-0.2, -0.15) is 0 Å². The predicted octanol–water partition coefficient (Wildman–Crippen LogP) is 4.78. The minimum atomic E-state index is -3.04. The molecule has 0 bridgehead atoms. The summed E-state index contributed by atoms with van der Waals surface area (Å²) >= 11 is 0. The van der Waals surface area contributed by atoms with Crippen molar-refractivity contribution in [1.82, 2.24) is 10.3 Å². The van der Waals surface area contributed by atoms with E-state index >= 15 is 4.39 Å². The van der Waals surface area contributed by atoms with Crippen molar-refractivity contribution in [3.8, 4) is 0 Å². The summed E-state index contributed by atoms with van der Waals surface area (Å²) in [6.45, 7) is 10.5. The summed E-state index contributed by atoms with van der Waals surface area (Å²) in [5, 5.41) is 4.61. The van der Waals surface area contributed by atoms with Crippen molar-refractivity contribution >= 4 is 33.3 Å². The highest BCUT2D eigenvalue weighted by Crippen LogP contribution is 2.48. The first-order valence-electron chi connectivity index (χ1n) is 12.1. The van der Waals surface area contributed by atoms with E-state index in [-0.39, 0.29) is 22.8 Å². The number of rotatable bonds is 3. The van der Waals surface area contributed by atoms with Gasteiger partial charge < -0.3 is 10.1 Å². The molecule has 3 heterocycles. The van der Waals surface area contributed by atoms with Crippen molar-refractivity contribution in [1.29, 1.82) is 0 Å². The second-order valence-corrected chi connectivity index (χ2v) is 13.9. The molecule has 9 nitrogen and oxygen atoms in total. The minimum Gasteiger partial charge on any atom is -0.444 e. The Labute approximate surface area is 220 Å². The third-order valence-electron chi connectivity index (χ3n) is 6.68. The summed E-state index contributed by atoms with van der Waals surface area (Å²) < 4.78 is 51.7. The Balaban J connectivity index is 1.78. The Morgan fingerprint density at radius 3 is 2.45 bits per heavy atom. The number of carbonyl (C=O) groups is 2. The highest BCUT2D eigenvalue weighted by Gasteiger charge is 2.57. The largest absolute Gasteiger partial charge is 0.444 e. The van der Waals surface area contributed by atoms with Crippen LogP contribution in [0.25, 0.3) is 0 Å². The maximum atomic E-state index is 15.4. The van der Waals surface area contributed by atoms with Crippen LogP contribution < -0.4 is 10.6 Å². The van der Waals surface area contributed by atoms with Gasteiger partial charge in [0.1, 0.15) is 39.1 Å². The second kappa shape index (κ2) is 9.40. The quantitative estimate of drug-likeness (QED) is 0.573. The van der Waals surface area contributed by atoms with Crippen molar-refractivity contribution in [3.63, 3.8) is 0 Å². The number of hydrogen-bond donors (Lipinski definition) is 2. The van der Waals surface area contributed by atoms with Crippen LogP contribution in [0, 0.1) is 11.6 Å². The molecule has 1 aromatic heterocycles. The zero-order valence-electron chi connectivity index (χ0n) is 22.1. The molecule has 0 saturated carbocycles. The Bertz CT molecular complexity index is 1440. The molecule has 204 valence electrons. The van der Waals surface area contributed by atoms with E-state index in [1.165, 1.54) is 24.3 Å². The highest BCUT2D eigenvalue weighted by molar-refractivity contribution is 7.96. The number of nitrogens with one attached hydrogen (secondary N) is 2. The van der Waals surface area contributed by atoms with E-state index in [1.54, 1.807) is 41.5 Å². The molecule has 0 aliphatic carbocycles. The highest BCUT2D eigenvalue weighted by atomic mass is 32.2. The lowest BCUT2D eigenvalue weighted by Gasteiger charge is -2.45. The average Bonchev–Trinajstić information content (AvgIpc) is 3.23. The van der Waals surface area contributed by atoms with Gasteiger partial charge in [0.05, 0.1) is 21.2 Å². The number of alkyl carbamates (subject to hydrolysis) is 1. The maximum absolute atomic E-state index is 15.4. The number of benzene rings is 1. The number of hydrogen-bond acceptors (Lipinski definition) is 7. The van der Waals surface area contributed by atoms with Crippen molar-refractivity contribution in [3.05, 3.63) is 59.4 Å². The number of aliphatic imine (C=N–C) groups is 1. The summed E-state index contributed by atoms with van der Waals surface area (Å²) in [5.41, 5.74) is -1.89. The third-order valence-corrected chi connectivity index (χ3v) is 10.4. The topological polar surface area (TPSA) is 122 Å². The lowest BCUT2D eigenvalue weighted by molar-refractivity contribution is 0.0560. The van der Waals surface area contributed by atoms with Crippen molar-refractivity contribution in [2.45, 2.75) is 69.1 Å². The molecular formula is C26H31F2N5O4S. The predicted molar refractivity (Wildman–Crippen MR) is 141 cm³/mol. The molecule has 2 amide bonds. The number of aromatic nitrogens is 1. The molecule has 1 aromatic carbocycles. The van der Waals surface area contributed by atoms with Crippen LogP contribution in [-0.2, 0) is 20.0 Å². The van der Waals surface area contributed by atoms with E-state index in [0.29, 0.717) is 13.0 Å². The monoisotopic (exact) mass is 547 g/mol. The minimum absolute atomic E-state index is 0.0256. The third kappa shape index (κ3) is 4.89. The lowest BCUT2D eigenvalue weighted by Crippen LogP contribution is -2.60. The number of nitrogens with zero attached hydrogens (tertiary/aromatic N) is 3. The van der Waals surface area contributed by atoms with Crippen LogP contribution in [0.5, 0.6) is 0 Å². The van der Waals surface area contributed by atoms with E-state index in [2.05, 4.69) is 20.0 Å². The van der Waals surface area contributed by atoms with Gasteiger partial charge >= 0.3 is 6.09 Å². The van der Waals surface area contributed by atoms with Gasteiger partial charge in [-0.15, -0.1) is 0 Å². The van der Waals surface area contributed by atoms with Crippen LogP contribution in [0.15, 0.2) is 45.9 Å². The van der Waals surface area contributed by atoms with Crippen LogP contribution in [0.2, 0.25) is 0 Å². The fourth-order valence-electron chi connectivity index (χ4n) is 4.75. The molecule has 38 heavy (non-hydrogen) atoms. The SMILES string of the molecule is CC(C)(C)OC(=O)NC1=N[C@](C)(c2cc(NC(=O)c3ccc(F)cn3)ccc2F)[C@@H]2CCN=[S@]2(=O)C1(C)C. The first-order valence-corrected chi connectivity index (χ1v) is 13.7. The molecule has 0 fully saturated rings. The van der Waals surface area contributed by atoms with E-state index in [0.717, 1.165) is 12.3 Å². The molecule has 12 heteroatoms. The summed E-state index contributed by atoms with van der Waals surface area (Å²) in [5.74, 6) is -1.75. The molecule has 0 radical (unpaired) electrons. The number of ether oxygens (including phenoxy) is 1. The number of pyridine rings is 1. The summed E-state index contributed by atoms with van der Waals surface area (Å²) in [6.07, 6.45) is 0.543. The summed E-state index contributed by atoms with van der Waals surface area (Å²) in [7, 11) is -3.04. The Kier molecular flexibility index (Phi) is 6.84. The summed E-state index contributed by atoms with van der Waals surface area (Å²) in [4.78, 5) is 33.9. The average molecular weight is 548 g/mol. The lowest BCUT2D eigenvalue weighted by atomic mass is 9.85. The Hall–Kier alpha value is -3.41. The van der Waals surface area contributed by atoms with E-state index in [1.807, 2.05) is 0 Å². The van der Waals surface area contributed by atoms with Gasteiger partial charge in [0.25, 0.3) is 5.91 Å². The van der Waals surface area contributed by atoms with Crippen LogP contribution in [0.4, 0.5) is 19.3 Å². The fourth-order valence-corrected chi connectivity index (χ4v) is 7.94. The van der Waals surface area contributed by atoms with Crippen LogP contribution in [0.3, 0.4) is 0 Å². The van der Waals surface area contributed by atoms with E-state index < -0.39 is 54.5 Å². The van der Waals surface area contributed by atoms with E-state index in [4.69, 9.17) is 9.73 Å². The van der Waals surface area contributed by atoms with Crippen molar-refractivity contribution in [2.75, 3.05) is 11.9 Å². The number of amidine groups is 1. The van der Waals surface area contributed by atoms with E-state index in [9.17, 15) is 18.2 Å². The van der Waals surface area contributed by atoms with Gasteiger partial charge in [0, 0.05) is 17.8 Å². The van der Waals surface area contributed by atoms with Gasteiger partial charge in [0.15, 0.2) is 0 Å². The van der Waals surface area contributed by atoms with Gasteiger partial charge in [0.2, 0.25) is 0 Å². The molecule has 0 unspecified atom stereocenters. The Morgan fingerprint density at radius 1 is 1.11 bits per heavy atom. The van der Waals surface area contributed by atoms with Gasteiger partial charge in [-0.05, 0) is 78.3 Å². The summed E-state index contributed by atoms with van der Waals surface area (Å²) in [6, 6.07) is 6.31. The van der Waals surface area contributed by atoms with Crippen LogP contribution >= 0.6 is 0 Å². The molecule has 3 atom stereocenters. The standard InChI is InChI=1S/C26H31F2N5O4S/c1-24(2,3)37-23(35)32-22-25(4,5)38(36)20(11-12-30-38)26(6,33-22)17-13-16(8-9-18(17)28)31-21(34)19-10-7-15(27)14-29-19/h7-10,13-14,20H,11-12H2,1-6H3,(H,31,34)(H,32,33,35)/t20-,26+,38+/m0/s1. The number of halogens is 2. The van der Waals surface area contributed by atoms with Crippen molar-refractivity contribution < 1.29 is 27.3 Å². The molecule has 2 aliphatic heterocycles. The number of anilines is 1. The molecule has 0 saturated heterocycles. The molecule has 4 rings (SSSR count). The zero-order valence-corrected chi connectivity index (χ0v) is 22.9. The smallest absolute Gasteiger partial charge is 0.413 e. The molecule has 2 aromatic rings. The number of fused-ring (bicyclic) bond motifs is 1. The first kappa shape index (κ1) is 27.6. The zero-order chi connectivity index (χ0) is 28.1. The first-order chi connectivity index (χ1) is 17.6. The van der Waals surface area contributed by atoms with Gasteiger partial charge in [-0.3, -0.25) is 15.1 Å².